The summed E-state index contributed by atoms with van der Waals surface area (Å²) in [5.74, 6) is 0.773. The summed E-state index contributed by atoms with van der Waals surface area (Å²) in [6.45, 7) is 3.49. The molecule has 0 amide bonds. The standard InChI is InChI=1S/C18H28BrN/c1-2-3-4-5-6-7-11-20-18-13-16(14-18)15-9-8-10-17(19)12-15/h8-10,12,16,18,20H,2-7,11,13-14H2,1H3. The second kappa shape index (κ2) is 8.84. The van der Waals surface area contributed by atoms with Crippen molar-refractivity contribution in [1.29, 1.82) is 0 Å². The third-order valence-corrected chi connectivity index (χ3v) is 4.91. The molecule has 0 bridgehead atoms. The fourth-order valence-electron chi connectivity index (χ4n) is 3.03. The molecule has 1 saturated carbocycles. The van der Waals surface area contributed by atoms with E-state index in [9.17, 15) is 0 Å². The number of hydrogen-bond acceptors (Lipinski definition) is 1. The molecule has 0 radical (unpaired) electrons. The molecule has 0 aliphatic heterocycles. The summed E-state index contributed by atoms with van der Waals surface area (Å²) >= 11 is 3.56. The third kappa shape index (κ3) is 5.21. The van der Waals surface area contributed by atoms with Gasteiger partial charge < -0.3 is 5.32 Å². The van der Waals surface area contributed by atoms with Gasteiger partial charge in [0.2, 0.25) is 0 Å². The molecule has 1 fully saturated rings. The SMILES string of the molecule is CCCCCCCCNC1CC(c2cccc(Br)c2)C1. The number of nitrogens with one attached hydrogen (secondary N) is 1. The van der Waals surface area contributed by atoms with Gasteiger partial charge in [0, 0.05) is 10.5 Å². The monoisotopic (exact) mass is 337 g/mol. The van der Waals surface area contributed by atoms with Crippen LogP contribution in [-0.2, 0) is 0 Å². The van der Waals surface area contributed by atoms with E-state index in [1.165, 1.54) is 67.9 Å². The predicted octanol–water partition coefficient (Wildman–Crippen LogP) is 5.65. The highest BCUT2D eigenvalue weighted by molar-refractivity contribution is 9.10. The van der Waals surface area contributed by atoms with Gasteiger partial charge in [-0.15, -0.1) is 0 Å². The third-order valence-electron chi connectivity index (χ3n) is 4.42. The smallest absolute Gasteiger partial charge is 0.0178 e. The molecule has 1 aliphatic carbocycles. The van der Waals surface area contributed by atoms with Crippen molar-refractivity contribution >= 4 is 15.9 Å². The van der Waals surface area contributed by atoms with Crippen LogP contribution in [0.5, 0.6) is 0 Å². The maximum atomic E-state index is 3.71. The first kappa shape index (κ1) is 16.0. The van der Waals surface area contributed by atoms with Crippen LogP contribution in [-0.4, -0.2) is 12.6 Å². The van der Waals surface area contributed by atoms with Crippen molar-refractivity contribution in [1.82, 2.24) is 5.32 Å². The van der Waals surface area contributed by atoms with Crippen molar-refractivity contribution < 1.29 is 0 Å². The van der Waals surface area contributed by atoms with Crippen LogP contribution in [0.3, 0.4) is 0 Å². The van der Waals surface area contributed by atoms with E-state index in [4.69, 9.17) is 0 Å². The molecule has 1 aliphatic rings. The van der Waals surface area contributed by atoms with E-state index < -0.39 is 0 Å². The number of halogens is 1. The Bertz CT molecular complexity index is 385. The second-order valence-corrected chi connectivity index (χ2v) is 7.06. The molecular formula is C18H28BrN. The lowest BCUT2D eigenvalue weighted by Crippen LogP contribution is -2.40. The summed E-state index contributed by atoms with van der Waals surface area (Å²) in [5, 5.41) is 3.71. The van der Waals surface area contributed by atoms with Gasteiger partial charge >= 0.3 is 0 Å². The first-order chi connectivity index (χ1) is 9.79. The molecule has 1 nitrogen and oxygen atoms in total. The largest absolute Gasteiger partial charge is 0.314 e. The molecule has 112 valence electrons. The van der Waals surface area contributed by atoms with Gasteiger partial charge in [0.25, 0.3) is 0 Å². The minimum atomic E-state index is 0.759. The van der Waals surface area contributed by atoms with E-state index in [1.54, 1.807) is 0 Å². The van der Waals surface area contributed by atoms with Gasteiger partial charge in [-0.3, -0.25) is 0 Å². The molecule has 0 saturated heterocycles. The molecule has 20 heavy (non-hydrogen) atoms. The van der Waals surface area contributed by atoms with Crippen molar-refractivity contribution in [3.8, 4) is 0 Å². The molecule has 1 aromatic rings. The second-order valence-electron chi connectivity index (χ2n) is 6.14. The molecule has 0 unspecified atom stereocenters. The normalized spacial score (nSPS) is 21.7. The number of rotatable bonds is 9. The molecule has 0 spiro atoms. The van der Waals surface area contributed by atoms with Crippen LogP contribution in [0.25, 0.3) is 0 Å². The summed E-state index contributed by atoms with van der Waals surface area (Å²) in [6.07, 6.45) is 11.0. The average molecular weight is 338 g/mol. The van der Waals surface area contributed by atoms with Crippen LogP contribution in [0.2, 0.25) is 0 Å². The molecule has 2 heteroatoms. The van der Waals surface area contributed by atoms with Crippen molar-refractivity contribution in [3.05, 3.63) is 34.3 Å². The molecular weight excluding hydrogens is 310 g/mol. The molecule has 0 heterocycles. The van der Waals surface area contributed by atoms with Crippen LogP contribution in [0, 0.1) is 0 Å². The van der Waals surface area contributed by atoms with Crippen molar-refractivity contribution in [2.24, 2.45) is 0 Å². The Kier molecular flexibility index (Phi) is 7.09. The van der Waals surface area contributed by atoms with Crippen LogP contribution in [0.15, 0.2) is 28.7 Å². The van der Waals surface area contributed by atoms with Gasteiger partial charge in [0.05, 0.1) is 0 Å². The van der Waals surface area contributed by atoms with Gasteiger partial charge in [-0.1, -0.05) is 67.1 Å². The van der Waals surface area contributed by atoms with E-state index in [1.807, 2.05) is 0 Å². The van der Waals surface area contributed by atoms with E-state index in [0.717, 1.165) is 12.0 Å². The van der Waals surface area contributed by atoms with Gasteiger partial charge in [-0.2, -0.15) is 0 Å². The molecule has 1 aromatic carbocycles. The Labute approximate surface area is 132 Å². The number of hydrogen-bond donors (Lipinski definition) is 1. The summed E-state index contributed by atoms with van der Waals surface area (Å²) in [4.78, 5) is 0. The van der Waals surface area contributed by atoms with E-state index in [2.05, 4.69) is 52.4 Å². The van der Waals surface area contributed by atoms with Crippen LogP contribution >= 0.6 is 15.9 Å². The van der Waals surface area contributed by atoms with Gasteiger partial charge in [-0.25, -0.2) is 0 Å². The quantitative estimate of drug-likeness (QED) is 0.574. The maximum Gasteiger partial charge on any atom is 0.0178 e. The Morgan fingerprint density at radius 2 is 1.85 bits per heavy atom. The zero-order valence-electron chi connectivity index (χ0n) is 12.7. The van der Waals surface area contributed by atoms with E-state index >= 15 is 0 Å². The zero-order chi connectivity index (χ0) is 14.2. The lowest BCUT2D eigenvalue weighted by molar-refractivity contribution is 0.289. The minimum absolute atomic E-state index is 0.759. The minimum Gasteiger partial charge on any atom is -0.314 e. The van der Waals surface area contributed by atoms with E-state index in [0.29, 0.717) is 0 Å². The Hall–Kier alpha value is -0.340. The topological polar surface area (TPSA) is 12.0 Å². The van der Waals surface area contributed by atoms with Gasteiger partial charge in [0.1, 0.15) is 0 Å². The van der Waals surface area contributed by atoms with Crippen LogP contribution in [0.1, 0.15) is 69.8 Å². The molecule has 0 atom stereocenters. The molecule has 2 rings (SSSR count). The lowest BCUT2D eigenvalue weighted by Gasteiger charge is -2.36. The van der Waals surface area contributed by atoms with Crippen molar-refractivity contribution in [3.63, 3.8) is 0 Å². The fourth-order valence-corrected chi connectivity index (χ4v) is 3.45. The number of unbranched alkanes of at least 4 members (excludes halogenated alkanes) is 5. The van der Waals surface area contributed by atoms with Gasteiger partial charge in [-0.05, 0) is 49.4 Å². The van der Waals surface area contributed by atoms with E-state index in [-0.39, 0.29) is 0 Å². The van der Waals surface area contributed by atoms with Crippen molar-refractivity contribution in [2.75, 3.05) is 6.54 Å². The zero-order valence-corrected chi connectivity index (χ0v) is 14.3. The summed E-state index contributed by atoms with van der Waals surface area (Å²) in [5.41, 5.74) is 1.50. The first-order valence-electron chi connectivity index (χ1n) is 8.28. The lowest BCUT2D eigenvalue weighted by atomic mass is 9.76. The highest BCUT2D eigenvalue weighted by atomic mass is 79.9. The predicted molar refractivity (Wildman–Crippen MR) is 91.3 cm³/mol. The Balaban J connectivity index is 1.52. The van der Waals surface area contributed by atoms with Crippen LogP contribution < -0.4 is 5.32 Å². The van der Waals surface area contributed by atoms with Gasteiger partial charge in [0.15, 0.2) is 0 Å². The Morgan fingerprint density at radius 1 is 1.10 bits per heavy atom. The Morgan fingerprint density at radius 3 is 2.60 bits per heavy atom. The molecule has 0 aromatic heterocycles. The number of benzene rings is 1. The van der Waals surface area contributed by atoms with Crippen LogP contribution in [0.4, 0.5) is 0 Å². The highest BCUT2D eigenvalue weighted by Gasteiger charge is 2.29. The summed E-state index contributed by atoms with van der Waals surface area (Å²) in [6, 6.07) is 9.55. The summed E-state index contributed by atoms with van der Waals surface area (Å²) in [7, 11) is 0. The highest BCUT2D eigenvalue weighted by Crippen LogP contribution is 2.37. The first-order valence-corrected chi connectivity index (χ1v) is 9.07. The fraction of sp³-hybridized carbons (Fsp3) is 0.667. The van der Waals surface area contributed by atoms with Crippen molar-refractivity contribution in [2.45, 2.75) is 70.3 Å². The average Bonchev–Trinajstić information content (AvgIpc) is 2.39. The molecule has 1 N–H and O–H groups in total. The summed E-state index contributed by atoms with van der Waals surface area (Å²) < 4.78 is 1.21. The maximum absolute atomic E-state index is 3.71.